The Hall–Kier alpha value is -1.43. The van der Waals surface area contributed by atoms with Crippen LogP contribution in [0.15, 0.2) is 11.6 Å². The van der Waals surface area contributed by atoms with Crippen molar-refractivity contribution in [1.29, 1.82) is 0 Å². The van der Waals surface area contributed by atoms with Gasteiger partial charge < -0.3 is 5.73 Å². The van der Waals surface area contributed by atoms with Gasteiger partial charge in [0, 0.05) is 0 Å². The molecule has 0 spiro atoms. The molecule has 2 N–H and O–H groups in total. The van der Waals surface area contributed by atoms with Gasteiger partial charge in [-0.05, 0) is 19.3 Å². The van der Waals surface area contributed by atoms with Crippen molar-refractivity contribution in [3.8, 4) is 0 Å². The van der Waals surface area contributed by atoms with Gasteiger partial charge in [-0.2, -0.15) is 0 Å². The number of hydrogen-bond donors (Lipinski definition) is 1. The number of hydrogen-bond acceptors (Lipinski definition) is 1. The summed E-state index contributed by atoms with van der Waals surface area (Å²) in [5.41, 5.74) is 5.13. The molecule has 1 aromatic rings. The van der Waals surface area contributed by atoms with E-state index in [-0.39, 0.29) is 0 Å². The van der Waals surface area contributed by atoms with Crippen molar-refractivity contribution >= 4 is 0 Å². The van der Waals surface area contributed by atoms with Gasteiger partial charge in [-0.1, -0.05) is 11.6 Å². The van der Waals surface area contributed by atoms with Crippen molar-refractivity contribution in [2.45, 2.75) is 25.3 Å². The lowest BCUT2D eigenvalue weighted by Gasteiger charge is -2.16. The van der Waals surface area contributed by atoms with Crippen LogP contribution in [0.3, 0.4) is 0 Å². The molecule has 0 saturated carbocycles. The highest BCUT2D eigenvalue weighted by atomic mass is 19.2. The second-order valence-electron chi connectivity index (χ2n) is 4.13. The van der Waals surface area contributed by atoms with E-state index in [2.05, 4.69) is 0 Å². The summed E-state index contributed by atoms with van der Waals surface area (Å²) < 4.78 is 65.8. The van der Waals surface area contributed by atoms with E-state index < -0.39 is 40.7 Å². The molecular formula is C12H10F5N. The van der Waals surface area contributed by atoms with E-state index in [1.807, 2.05) is 0 Å². The minimum Gasteiger partial charge on any atom is -0.320 e. The Bertz CT molecular complexity index is 495. The monoisotopic (exact) mass is 263 g/mol. The van der Waals surface area contributed by atoms with E-state index in [9.17, 15) is 22.0 Å². The molecule has 1 aliphatic carbocycles. The van der Waals surface area contributed by atoms with Gasteiger partial charge >= 0.3 is 0 Å². The Balaban J connectivity index is 2.57. The van der Waals surface area contributed by atoms with Gasteiger partial charge in [-0.25, -0.2) is 22.0 Å². The fraction of sp³-hybridized carbons (Fsp3) is 0.333. The molecule has 0 heterocycles. The van der Waals surface area contributed by atoms with Crippen LogP contribution >= 0.6 is 0 Å². The minimum atomic E-state index is -2.17. The van der Waals surface area contributed by atoms with Crippen LogP contribution in [0.4, 0.5) is 22.0 Å². The van der Waals surface area contributed by atoms with Crippen LogP contribution in [-0.4, -0.2) is 0 Å². The van der Waals surface area contributed by atoms with E-state index in [1.165, 1.54) is 0 Å². The van der Waals surface area contributed by atoms with Crippen LogP contribution in [-0.2, 0) is 0 Å². The average Bonchev–Trinajstić information content (AvgIpc) is 2.88. The van der Waals surface area contributed by atoms with E-state index in [0.717, 1.165) is 6.42 Å². The smallest absolute Gasteiger partial charge is 0.200 e. The van der Waals surface area contributed by atoms with Crippen LogP contribution in [0.5, 0.6) is 0 Å². The van der Waals surface area contributed by atoms with Gasteiger partial charge in [0.2, 0.25) is 5.82 Å². The fourth-order valence-electron chi connectivity index (χ4n) is 2.06. The molecule has 1 aliphatic rings. The van der Waals surface area contributed by atoms with E-state index in [0.29, 0.717) is 18.4 Å². The second kappa shape index (κ2) is 4.68. The van der Waals surface area contributed by atoms with E-state index in [1.54, 1.807) is 6.08 Å². The molecule has 18 heavy (non-hydrogen) atoms. The number of rotatable bonds is 2. The normalized spacial score (nSPS) is 16.9. The molecule has 1 nitrogen and oxygen atoms in total. The molecular weight excluding hydrogens is 253 g/mol. The maximum Gasteiger partial charge on any atom is 0.200 e. The maximum atomic E-state index is 13.5. The van der Waals surface area contributed by atoms with Gasteiger partial charge in [0.15, 0.2) is 23.3 Å². The quantitative estimate of drug-likeness (QED) is 0.376. The molecule has 1 unspecified atom stereocenters. The first kappa shape index (κ1) is 13.0. The third kappa shape index (κ3) is 1.90. The number of allylic oxidation sites excluding steroid dienone is 1. The molecule has 0 radical (unpaired) electrons. The lowest BCUT2D eigenvalue weighted by atomic mass is 9.97. The van der Waals surface area contributed by atoms with Gasteiger partial charge in [0.1, 0.15) is 0 Å². The fourth-order valence-corrected chi connectivity index (χ4v) is 2.06. The Morgan fingerprint density at radius 2 is 1.39 bits per heavy atom. The number of halogens is 5. The van der Waals surface area contributed by atoms with Crippen molar-refractivity contribution in [2.24, 2.45) is 5.73 Å². The summed E-state index contributed by atoms with van der Waals surface area (Å²) in [6, 6.07) is -1.29. The Morgan fingerprint density at radius 3 is 1.83 bits per heavy atom. The zero-order chi connectivity index (χ0) is 13.4. The minimum absolute atomic E-state index is 0.498. The molecule has 0 bridgehead atoms. The van der Waals surface area contributed by atoms with Crippen molar-refractivity contribution in [3.05, 3.63) is 46.3 Å². The Morgan fingerprint density at radius 1 is 0.889 bits per heavy atom. The predicted octanol–water partition coefficient (Wildman–Crippen LogP) is 3.49. The topological polar surface area (TPSA) is 26.0 Å². The summed E-state index contributed by atoms with van der Waals surface area (Å²) in [6.45, 7) is 0. The Labute approximate surface area is 100 Å². The van der Waals surface area contributed by atoms with Crippen molar-refractivity contribution in [3.63, 3.8) is 0 Å². The number of nitrogens with two attached hydrogens (primary N) is 1. The molecule has 0 fully saturated rings. The second-order valence-corrected chi connectivity index (χ2v) is 4.13. The average molecular weight is 263 g/mol. The lowest BCUT2D eigenvalue weighted by Crippen LogP contribution is -2.19. The predicted molar refractivity (Wildman–Crippen MR) is 55.1 cm³/mol. The maximum absolute atomic E-state index is 13.5. The lowest BCUT2D eigenvalue weighted by molar-refractivity contribution is 0.366. The van der Waals surface area contributed by atoms with Crippen LogP contribution < -0.4 is 5.73 Å². The molecule has 6 heteroatoms. The Kier molecular flexibility index (Phi) is 3.38. The van der Waals surface area contributed by atoms with Gasteiger partial charge in [-0.3, -0.25) is 0 Å². The van der Waals surface area contributed by atoms with Crippen LogP contribution in [0.2, 0.25) is 0 Å². The molecule has 0 aliphatic heterocycles. The number of benzene rings is 1. The molecule has 1 atom stereocenters. The molecule has 0 saturated heterocycles. The largest absolute Gasteiger partial charge is 0.320 e. The third-order valence-electron chi connectivity index (χ3n) is 3.03. The van der Waals surface area contributed by atoms with Crippen molar-refractivity contribution in [1.82, 2.24) is 0 Å². The summed E-state index contributed by atoms with van der Waals surface area (Å²) in [6.07, 6.45) is 3.63. The zero-order valence-electron chi connectivity index (χ0n) is 9.24. The van der Waals surface area contributed by atoms with Gasteiger partial charge in [0.05, 0.1) is 11.6 Å². The van der Waals surface area contributed by atoms with E-state index >= 15 is 0 Å². The molecule has 1 aromatic carbocycles. The molecule has 98 valence electrons. The first-order chi connectivity index (χ1) is 8.45. The van der Waals surface area contributed by atoms with Crippen LogP contribution in [0.25, 0.3) is 0 Å². The summed E-state index contributed by atoms with van der Waals surface area (Å²) in [7, 11) is 0. The zero-order valence-corrected chi connectivity index (χ0v) is 9.24. The van der Waals surface area contributed by atoms with Crippen molar-refractivity contribution in [2.75, 3.05) is 0 Å². The first-order valence-electron chi connectivity index (χ1n) is 5.41. The molecule has 0 aromatic heterocycles. The third-order valence-corrected chi connectivity index (χ3v) is 3.03. The molecule has 0 amide bonds. The van der Waals surface area contributed by atoms with E-state index in [4.69, 9.17) is 5.73 Å². The SMILES string of the molecule is NC(C1=CCCC1)c1c(F)c(F)c(F)c(F)c1F. The van der Waals surface area contributed by atoms with Gasteiger partial charge in [-0.15, -0.1) is 0 Å². The van der Waals surface area contributed by atoms with Crippen LogP contribution in [0, 0.1) is 29.1 Å². The standard InChI is InChI=1S/C12H10F5N/c13-7-6(12(18)5-3-1-2-4-5)8(14)10(16)11(17)9(7)15/h3,12H,1-2,4,18H2. The highest BCUT2D eigenvalue weighted by Gasteiger charge is 2.30. The molecule has 2 rings (SSSR count). The van der Waals surface area contributed by atoms with Crippen LogP contribution in [0.1, 0.15) is 30.9 Å². The summed E-state index contributed by atoms with van der Waals surface area (Å²) in [5, 5.41) is 0. The van der Waals surface area contributed by atoms with Gasteiger partial charge in [0.25, 0.3) is 0 Å². The highest BCUT2D eigenvalue weighted by molar-refractivity contribution is 5.33. The van der Waals surface area contributed by atoms with Crippen molar-refractivity contribution < 1.29 is 22.0 Å². The summed E-state index contributed by atoms with van der Waals surface area (Å²) in [5.74, 6) is -9.80. The first-order valence-corrected chi connectivity index (χ1v) is 5.41. The summed E-state index contributed by atoms with van der Waals surface area (Å²) >= 11 is 0. The summed E-state index contributed by atoms with van der Waals surface area (Å²) in [4.78, 5) is 0. The highest BCUT2D eigenvalue weighted by Crippen LogP contribution is 2.34.